The number of carbonyl (C=O) groups is 1. The third kappa shape index (κ3) is 6.10. The highest BCUT2D eigenvalue weighted by Gasteiger charge is 2.25. The average molecular weight is 539 g/mol. The maximum atomic E-state index is 13.7. The van der Waals surface area contributed by atoms with Gasteiger partial charge in [0, 0.05) is 18.7 Å². The molecule has 1 aromatic heterocycles. The number of carbonyl (C=O) groups excluding carboxylic acids is 1. The molecule has 1 amide bonds. The van der Waals surface area contributed by atoms with Gasteiger partial charge in [-0.1, -0.05) is 61.9 Å². The molecule has 3 aromatic carbocycles. The number of hydrogen-bond donors (Lipinski definition) is 0. The van der Waals surface area contributed by atoms with Crippen molar-refractivity contribution < 1.29 is 17.6 Å². The van der Waals surface area contributed by atoms with Gasteiger partial charge in [0.2, 0.25) is 15.2 Å². The molecule has 10 heteroatoms. The van der Waals surface area contributed by atoms with E-state index in [4.69, 9.17) is 0 Å². The summed E-state index contributed by atoms with van der Waals surface area (Å²) in [5.74, 6) is -0.890. The molecule has 1 heterocycles. The molecule has 4 aromatic rings. The number of halogens is 1. The van der Waals surface area contributed by atoms with Crippen molar-refractivity contribution in [2.75, 3.05) is 18.1 Å². The molecular weight excluding hydrogens is 511 g/mol. The molecule has 0 aliphatic rings. The number of rotatable bonds is 10. The molecule has 0 N–H and O–H groups in total. The van der Waals surface area contributed by atoms with Gasteiger partial charge in [0.15, 0.2) is 0 Å². The van der Waals surface area contributed by atoms with Gasteiger partial charge in [-0.2, -0.15) is 14.4 Å². The van der Waals surface area contributed by atoms with Gasteiger partial charge >= 0.3 is 0 Å². The normalized spacial score (nSPS) is 12.0. The summed E-state index contributed by atoms with van der Waals surface area (Å²) in [6.45, 7) is 4.62. The van der Waals surface area contributed by atoms with Gasteiger partial charge in [-0.25, -0.2) is 17.8 Å². The van der Waals surface area contributed by atoms with Crippen LogP contribution in [0.5, 0.6) is 0 Å². The summed E-state index contributed by atoms with van der Waals surface area (Å²) in [4.78, 5) is 18.1. The maximum Gasteiger partial charge on any atom is 0.280 e. The summed E-state index contributed by atoms with van der Waals surface area (Å²) in [5.41, 5.74) is 1.56. The molecule has 0 unspecified atom stereocenters. The van der Waals surface area contributed by atoms with E-state index in [-0.39, 0.29) is 15.6 Å². The number of fused-ring (bicyclic) bond motifs is 1. The molecule has 192 valence electrons. The molecule has 0 aliphatic heterocycles. The fourth-order valence-corrected chi connectivity index (χ4v) is 6.09. The Labute approximate surface area is 219 Å². The molecular formula is C27H27FN4O3S2. The molecule has 37 heavy (non-hydrogen) atoms. The molecule has 4 rings (SSSR count). The number of nitrogens with zero attached hydrogens (tertiary/aromatic N) is 4. The number of unbranched alkanes of at least 4 members (excludes halogenated alkanes) is 1. The number of sulfonamides is 1. The topological polar surface area (TPSA) is 82.9 Å². The van der Waals surface area contributed by atoms with Crippen molar-refractivity contribution >= 4 is 48.8 Å². The standard InChI is InChI=1S/C27H27FN4O3S2/c1-3-5-17-31(4-2)37(34,35)23-14-11-21(12-15-23)26(33)32(29-19-20-9-7-6-8-10-20)27-30-24-16-13-22(28)18-25(24)36-27/h6-16,18-19H,3-5,17H2,1-2H3/b29-19+. The van der Waals surface area contributed by atoms with Gasteiger partial charge in [-0.15, -0.1) is 0 Å². The highest BCUT2D eigenvalue weighted by Crippen LogP contribution is 2.31. The first-order chi connectivity index (χ1) is 17.8. The van der Waals surface area contributed by atoms with Crippen molar-refractivity contribution in [3.8, 4) is 0 Å². The van der Waals surface area contributed by atoms with Crippen LogP contribution in [0.3, 0.4) is 0 Å². The van der Waals surface area contributed by atoms with E-state index in [1.807, 2.05) is 37.3 Å². The van der Waals surface area contributed by atoms with E-state index in [0.717, 1.165) is 34.8 Å². The molecule has 0 spiro atoms. The lowest BCUT2D eigenvalue weighted by atomic mass is 10.2. The predicted molar refractivity (Wildman–Crippen MR) is 146 cm³/mol. The molecule has 7 nitrogen and oxygen atoms in total. The lowest BCUT2D eigenvalue weighted by Gasteiger charge is -2.20. The Balaban J connectivity index is 1.67. The minimum Gasteiger partial charge on any atom is -0.267 e. The molecule has 0 fully saturated rings. The number of amides is 1. The number of hydrazone groups is 1. The second kappa shape index (κ2) is 11.7. The van der Waals surface area contributed by atoms with Gasteiger partial charge in [0.25, 0.3) is 5.91 Å². The van der Waals surface area contributed by atoms with Crippen LogP contribution in [0.4, 0.5) is 9.52 Å². The van der Waals surface area contributed by atoms with Crippen LogP contribution in [0.1, 0.15) is 42.6 Å². The number of thiazole rings is 1. The van der Waals surface area contributed by atoms with Crippen LogP contribution in [0, 0.1) is 5.82 Å². The Morgan fingerprint density at radius 1 is 1.05 bits per heavy atom. The van der Waals surface area contributed by atoms with Gasteiger partial charge in [0.1, 0.15) is 5.82 Å². The van der Waals surface area contributed by atoms with Gasteiger partial charge in [0.05, 0.1) is 21.3 Å². The van der Waals surface area contributed by atoms with Crippen LogP contribution < -0.4 is 5.01 Å². The van der Waals surface area contributed by atoms with Crippen molar-refractivity contribution in [3.05, 3.63) is 89.7 Å². The zero-order valence-corrected chi connectivity index (χ0v) is 22.2. The smallest absolute Gasteiger partial charge is 0.267 e. The fourth-order valence-electron chi connectivity index (χ4n) is 3.65. The Kier molecular flexibility index (Phi) is 8.42. The number of aromatic nitrogens is 1. The van der Waals surface area contributed by atoms with E-state index >= 15 is 0 Å². The van der Waals surface area contributed by atoms with E-state index in [1.165, 1.54) is 46.9 Å². The van der Waals surface area contributed by atoms with Crippen molar-refractivity contribution in [2.24, 2.45) is 5.10 Å². The summed E-state index contributed by atoms with van der Waals surface area (Å²) < 4.78 is 41.9. The summed E-state index contributed by atoms with van der Waals surface area (Å²) in [6, 6.07) is 19.3. The highest BCUT2D eigenvalue weighted by atomic mass is 32.2. The lowest BCUT2D eigenvalue weighted by Crippen LogP contribution is -2.32. The van der Waals surface area contributed by atoms with Crippen molar-refractivity contribution in [3.63, 3.8) is 0 Å². The molecule has 0 bridgehead atoms. The second-order valence-corrected chi connectivity index (χ2v) is 11.2. The lowest BCUT2D eigenvalue weighted by molar-refractivity contribution is 0.0987. The van der Waals surface area contributed by atoms with E-state index in [2.05, 4.69) is 10.1 Å². The van der Waals surface area contributed by atoms with E-state index in [0.29, 0.717) is 23.3 Å². The number of anilines is 1. The van der Waals surface area contributed by atoms with Crippen LogP contribution in [-0.4, -0.2) is 42.9 Å². The first kappa shape index (κ1) is 26.6. The molecule has 0 saturated heterocycles. The summed E-state index contributed by atoms with van der Waals surface area (Å²) in [7, 11) is -3.67. The monoisotopic (exact) mass is 538 g/mol. The van der Waals surface area contributed by atoms with Crippen molar-refractivity contribution in [1.29, 1.82) is 0 Å². The Morgan fingerprint density at radius 3 is 2.46 bits per heavy atom. The zero-order valence-electron chi connectivity index (χ0n) is 20.5. The Morgan fingerprint density at radius 2 is 1.78 bits per heavy atom. The SMILES string of the molecule is CCCCN(CC)S(=O)(=O)c1ccc(C(=O)N(/N=C/c2ccccc2)c2nc3ccc(F)cc3s2)cc1. The Bertz CT molecular complexity index is 1500. The van der Waals surface area contributed by atoms with Gasteiger partial charge in [-0.05, 0) is 54.4 Å². The number of hydrogen-bond acceptors (Lipinski definition) is 6. The van der Waals surface area contributed by atoms with Crippen LogP contribution in [0.2, 0.25) is 0 Å². The Hall–Kier alpha value is -3.47. The van der Waals surface area contributed by atoms with Crippen LogP contribution in [0.25, 0.3) is 10.2 Å². The van der Waals surface area contributed by atoms with Gasteiger partial charge < -0.3 is 0 Å². The predicted octanol–water partition coefficient (Wildman–Crippen LogP) is 5.93. The average Bonchev–Trinajstić information content (AvgIpc) is 3.32. The largest absolute Gasteiger partial charge is 0.280 e. The minimum absolute atomic E-state index is 0.122. The molecule has 0 saturated carbocycles. The molecule has 0 radical (unpaired) electrons. The van der Waals surface area contributed by atoms with Crippen molar-refractivity contribution in [2.45, 2.75) is 31.6 Å². The molecule has 0 aliphatic carbocycles. The van der Waals surface area contributed by atoms with Gasteiger partial charge in [-0.3, -0.25) is 4.79 Å². The van der Waals surface area contributed by atoms with Crippen LogP contribution in [0.15, 0.2) is 82.8 Å². The zero-order chi connectivity index (χ0) is 26.4. The summed E-state index contributed by atoms with van der Waals surface area (Å²) in [5, 5.41) is 5.81. The van der Waals surface area contributed by atoms with E-state index in [9.17, 15) is 17.6 Å². The maximum absolute atomic E-state index is 13.7. The first-order valence-electron chi connectivity index (χ1n) is 11.9. The van der Waals surface area contributed by atoms with E-state index in [1.54, 1.807) is 13.0 Å². The minimum atomic E-state index is -3.67. The van der Waals surface area contributed by atoms with E-state index < -0.39 is 21.7 Å². The highest BCUT2D eigenvalue weighted by molar-refractivity contribution is 7.89. The summed E-state index contributed by atoms with van der Waals surface area (Å²) in [6.07, 6.45) is 3.19. The van der Waals surface area contributed by atoms with Crippen molar-refractivity contribution in [1.82, 2.24) is 9.29 Å². The third-order valence-electron chi connectivity index (χ3n) is 5.69. The fraction of sp³-hybridized carbons (Fsp3) is 0.222. The summed E-state index contributed by atoms with van der Waals surface area (Å²) >= 11 is 1.14. The third-order valence-corrected chi connectivity index (χ3v) is 8.67. The second-order valence-electron chi connectivity index (χ2n) is 8.26. The quantitative estimate of drug-likeness (QED) is 0.185. The van der Waals surface area contributed by atoms with Crippen LogP contribution in [-0.2, 0) is 10.0 Å². The number of benzene rings is 3. The van der Waals surface area contributed by atoms with Crippen LogP contribution >= 0.6 is 11.3 Å². The molecule has 0 atom stereocenters. The first-order valence-corrected chi connectivity index (χ1v) is 14.2.